The van der Waals surface area contributed by atoms with Crippen molar-refractivity contribution < 1.29 is 9.90 Å². The summed E-state index contributed by atoms with van der Waals surface area (Å²) in [5, 5.41) is 15.2. The number of nitrogens with zero attached hydrogens (tertiary/aromatic N) is 1. The number of aromatic hydroxyl groups is 1. The van der Waals surface area contributed by atoms with E-state index in [4.69, 9.17) is 0 Å². The summed E-state index contributed by atoms with van der Waals surface area (Å²) in [4.78, 5) is 11.8. The molecule has 0 aromatic heterocycles. The topological polar surface area (TPSA) is 61.7 Å². The van der Waals surface area contributed by atoms with Gasteiger partial charge in [-0.05, 0) is 29.0 Å². The zero-order chi connectivity index (χ0) is 13.0. The van der Waals surface area contributed by atoms with Crippen molar-refractivity contribution in [1.82, 2.24) is 5.43 Å². The Morgan fingerprint density at radius 1 is 1.28 bits per heavy atom. The van der Waals surface area contributed by atoms with E-state index in [2.05, 4.69) is 17.1 Å². The second-order valence-corrected chi connectivity index (χ2v) is 3.67. The third kappa shape index (κ3) is 2.38. The predicted molar refractivity (Wildman–Crippen MR) is 71.8 cm³/mol. The van der Waals surface area contributed by atoms with E-state index in [1.807, 2.05) is 24.3 Å². The van der Waals surface area contributed by atoms with Crippen molar-refractivity contribution in [2.45, 2.75) is 0 Å². The Labute approximate surface area is 104 Å². The maximum absolute atomic E-state index is 11.8. The van der Waals surface area contributed by atoms with Gasteiger partial charge in [-0.1, -0.05) is 30.8 Å². The van der Waals surface area contributed by atoms with Gasteiger partial charge in [-0.2, -0.15) is 5.10 Å². The molecule has 4 heteroatoms. The van der Waals surface area contributed by atoms with Crippen LogP contribution in [0.2, 0.25) is 0 Å². The van der Waals surface area contributed by atoms with Crippen LogP contribution >= 0.6 is 0 Å². The fourth-order valence-electron chi connectivity index (χ4n) is 1.62. The average Bonchev–Trinajstić information content (AvgIpc) is 2.38. The summed E-state index contributed by atoms with van der Waals surface area (Å²) in [6, 6.07) is 10.7. The average molecular weight is 240 g/mol. The van der Waals surface area contributed by atoms with Crippen LogP contribution in [0.25, 0.3) is 10.8 Å². The highest BCUT2D eigenvalue weighted by Crippen LogP contribution is 2.24. The summed E-state index contributed by atoms with van der Waals surface area (Å²) in [7, 11) is 0. The molecule has 0 aliphatic rings. The molecule has 0 bridgehead atoms. The molecule has 18 heavy (non-hydrogen) atoms. The summed E-state index contributed by atoms with van der Waals surface area (Å²) >= 11 is 0. The Kier molecular flexibility index (Phi) is 3.38. The van der Waals surface area contributed by atoms with Crippen molar-refractivity contribution in [3.63, 3.8) is 0 Å². The Morgan fingerprint density at radius 2 is 1.94 bits per heavy atom. The van der Waals surface area contributed by atoms with Crippen LogP contribution in [-0.2, 0) is 0 Å². The molecular formula is C14H12N2O2. The lowest BCUT2D eigenvalue weighted by Gasteiger charge is -2.05. The maximum atomic E-state index is 11.8. The molecule has 0 atom stereocenters. The van der Waals surface area contributed by atoms with E-state index < -0.39 is 5.91 Å². The number of hydrogen-bond acceptors (Lipinski definition) is 3. The monoisotopic (exact) mass is 240 g/mol. The fourth-order valence-corrected chi connectivity index (χ4v) is 1.62. The van der Waals surface area contributed by atoms with Gasteiger partial charge < -0.3 is 5.11 Å². The van der Waals surface area contributed by atoms with Gasteiger partial charge >= 0.3 is 0 Å². The first-order valence-corrected chi connectivity index (χ1v) is 5.38. The number of carbonyl (C=O) groups excluding carboxylic acids is 1. The number of rotatable bonds is 3. The first kappa shape index (κ1) is 11.9. The standard InChI is InChI=1S/C14H12N2O2/c1-2-7-15-16-14(18)12-8-10-5-3-4-6-11(10)9-13(12)17/h2-9,17H,1H2,(H,16,18)/b15-7-. The minimum absolute atomic E-state index is 0.0694. The molecule has 0 saturated carbocycles. The molecule has 2 aromatic rings. The van der Waals surface area contributed by atoms with Gasteiger partial charge in [0, 0.05) is 6.21 Å². The highest BCUT2D eigenvalue weighted by molar-refractivity contribution is 6.01. The lowest BCUT2D eigenvalue weighted by Crippen LogP contribution is -2.17. The Bertz CT molecular complexity index is 633. The second kappa shape index (κ2) is 5.14. The fraction of sp³-hybridized carbons (Fsp3) is 0. The van der Waals surface area contributed by atoms with Gasteiger partial charge in [-0.3, -0.25) is 4.79 Å². The molecule has 2 N–H and O–H groups in total. The van der Waals surface area contributed by atoms with Crippen LogP contribution in [0.4, 0.5) is 0 Å². The van der Waals surface area contributed by atoms with Crippen molar-refractivity contribution in [2.24, 2.45) is 5.10 Å². The van der Waals surface area contributed by atoms with E-state index in [9.17, 15) is 9.90 Å². The number of hydrazone groups is 1. The van der Waals surface area contributed by atoms with Crippen LogP contribution in [0.15, 0.2) is 54.2 Å². The number of hydrogen-bond donors (Lipinski definition) is 2. The lowest BCUT2D eigenvalue weighted by atomic mass is 10.1. The summed E-state index contributed by atoms with van der Waals surface area (Å²) < 4.78 is 0. The minimum Gasteiger partial charge on any atom is -0.507 e. The number of fused-ring (bicyclic) bond motifs is 1. The second-order valence-electron chi connectivity index (χ2n) is 3.67. The van der Waals surface area contributed by atoms with Crippen molar-refractivity contribution in [3.05, 3.63) is 54.6 Å². The van der Waals surface area contributed by atoms with Gasteiger partial charge in [-0.25, -0.2) is 5.43 Å². The van der Waals surface area contributed by atoms with E-state index in [0.29, 0.717) is 0 Å². The molecule has 2 rings (SSSR count). The quantitative estimate of drug-likeness (QED) is 0.639. The van der Waals surface area contributed by atoms with Gasteiger partial charge in [0.1, 0.15) is 5.75 Å². The molecule has 0 saturated heterocycles. The van der Waals surface area contributed by atoms with Crippen molar-refractivity contribution >= 4 is 22.9 Å². The molecule has 0 fully saturated rings. The third-order valence-corrected chi connectivity index (χ3v) is 2.45. The van der Waals surface area contributed by atoms with Crippen LogP contribution in [0, 0.1) is 0 Å². The molecule has 1 amide bonds. The summed E-state index contributed by atoms with van der Waals surface area (Å²) in [5.41, 5.74) is 2.49. The van der Waals surface area contributed by atoms with Gasteiger partial charge in [0.25, 0.3) is 5.91 Å². The SMILES string of the molecule is C=C/C=N\NC(=O)c1cc2ccccc2cc1O. The van der Waals surface area contributed by atoms with Crippen molar-refractivity contribution in [2.75, 3.05) is 0 Å². The summed E-state index contributed by atoms with van der Waals surface area (Å²) in [6.45, 7) is 3.44. The maximum Gasteiger partial charge on any atom is 0.275 e. The molecule has 0 radical (unpaired) electrons. The molecular weight excluding hydrogens is 228 g/mol. The molecule has 0 heterocycles. The van der Waals surface area contributed by atoms with E-state index in [1.165, 1.54) is 12.3 Å². The number of allylic oxidation sites excluding steroid dienone is 1. The van der Waals surface area contributed by atoms with Gasteiger partial charge in [0.15, 0.2) is 0 Å². The lowest BCUT2D eigenvalue weighted by molar-refractivity contribution is 0.0952. The van der Waals surface area contributed by atoms with Gasteiger partial charge in [0.2, 0.25) is 0 Å². The number of nitrogens with one attached hydrogen (secondary N) is 1. The smallest absolute Gasteiger partial charge is 0.275 e. The van der Waals surface area contributed by atoms with Crippen LogP contribution < -0.4 is 5.43 Å². The normalized spacial score (nSPS) is 10.7. The van der Waals surface area contributed by atoms with Gasteiger partial charge in [-0.15, -0.1) is 0 Å². The molecule has 0 spiro atoms. The number of carbonyl (C=O) groups is 1. The van der Waals surface area contributed by atoms with E-state index in [0.717, 1.165) is 10.8 Å². The van der Waals surface area contributed by atoms with Crippen LogP contribution in [-0.4, -0.2) is 17.2 Å². The van der Waals surface area contributed by atoms with Crippen LogP contribution in [0.1, 0.15) is 10.4 Å². The first-order chi connectivity index (χ1) is 8.72. The number of phenolic OH excluding ortho intramolecular Hbond substituents is 1. The Morgan fingerprint density at radius 3 is 2.61 bits per heavy atom. The largest absolute Gasteiger partial charge is 0.507 e. The predicted octanol–water partition coefficient (Wildman–Crippen LogP) is 2.45. The molecule has 0 unspecified atom stereocenters. The molecule has 0 aliphatic carbocycles. The molecule has 4 nitrogen and oxygen atoms in total. The minimum atomic E-state index is -0.462. The molecule has 0 aliphatic heterocycles. The highest BCUT2D eigenvalue weighted by Gasteiger charge is 2.11. The Balaban J connectivity index is 2.38. The number of benzene rings is 2. The Hall–Kier alpha value is -2.62. The van der Waals surface area contributed by atoms with Crippen LogP contribution in [0.5, 0.6) is 5.75 Å². The van der Waals surface area contributed by atoms with E-state index >= 15 is 0 Å². The van der Waals surface area contributed by atoms with E-state index in [-0.39, 0.29) is 11.3 Å². The van der Waals surface area contributed by atoms with Crippen molar-refractivity contribution in [3.8, 4) is 5.75 Å². The van der Waals surface area contributed by atoms with Gasteiger partial charge in [0.05, 0.1) is 5.56 Å². The third-order valence-electron chi connectivity index (χ3n) is 2.45. The summed E-state index contributed by atoms with van der Waals surface area (Å²) in [5.74, 6) is -0.531. The molecule has 2 aromatic carbocycles. The zero-order valence-corrected chi connectivity index (χ0v) is 9.63. The number of phenols is 1. The highest BCUT2D eigenvalue weighted by atomic mass is 16.3. The molecule has 90 valence electrons. The first-order valence-electron chi connectivity index (χ1n) is 5.38. The van der Waals surface area contributed by atoms with Crippen molar-refractivity contribution in [1.29, 1.82) is 0 Å². The zero-order valence-electron chi connectivity index (χ0n) is 9.63. The van der Waals surface area contributed by atoms with Crippen LogP contribution in [0.3, 0.4) is 0 Å². The summed E-state index contributed by atoms with van der Waals surface area (Å²) in [6.07, 6.45) is 2.80. The van der Waals surface area contributed by atoms with E-state index in [1.54, 1.807) is 12.1 Å². The number of amides is 1.